The van der Waals surface area contributed by atoms with E-state index < -0.39 is 0 Å². The van der Waals surface area contributed by atoms with Gasteiger partial charge in [-0.3, -0.25) is 4.79 Å². The van der Waals surface area contributed by atoms with E-state index in [2.05, 4.69) is 26.0 Å². The van der Waals surface area contributed by atoms with E-state index in [1.54, 1.807) is 0 Å². The number of carbonyl (C=O) groups is 1. The first-order valence-electron chi connectivity index (χ1n) is 6.31. The SMILES string of the molecule is CCC(=O)CCC(CC)c1ccc(CC)s1. The van der Waals surface area contributed by atoms with Crippen molar-refractivity contribution in [1.82, 2.24) is 0 Å². The monoisotopic (exact) mass is 238 g/mol. The molecular formula is C14H22OS. The number of rotatable bonds is 7. The molecule has 1 heterocycles. The summed E-state index contributed by atoms with van der Waals surface area (Å²) in [5.74, 6) is 0.978. The fourth-order valence-electron chi connectivity index (χ4n) is 1.86. The second kappa shape index (κ2) is 6.85. The molecule has 0 aliphatic carbocycles. The van der Waals surface area contributed by atoms with Crippen molar-refractivity contribution in [2.45, 2.75) is 58.8 Å². The summed E-state index contributed by atoms with van der Waals surface area (Å²) < 4.78 is 0. The second-order valence-corrected chi connectivity index (χ2v) is 5.39. The van der Waals surface area contributed by atoms with E-state index in [0.717, 1.165) is 25.7 Å². The van der Waals surface area contributed by atoms with Crippen LogP contribution in [0.4, 0.5) is 0 Å². The van der Waals surface area contributed by atoms with Gasteiger partial charge in [0, 0.05) is 22.6 Å². The van der Waals surface area contributed by atoms with Crippen LogP contribution in [0.2, 0.25) is 0 Å². The lowest BCUT2D eigenvalue weighted by atomic mass is 9.97. The van der Waals surface area contributed by atoms with Crippen LogP contribution in [0.3, 0.4) is 0 Å². The van der Waals surface area contributed by atoms with Gasteiger partial charge in [0.25, 0.3) is 0 Å². The molecule has 0 aliphatic heterocycles. The van der Waals surface area contributed by atoms with E-state index >= 15 is 0 Å². The zero-order valence-electron chi connectivity index (χ0n) is 10.6. The summed E-state index contributed by atoms with van der Waals surface area (Å²) in [6, 6.07) is 4.47. The first kappa shape index (κ1) is 13.4. The smallest absolute Gasteiger partial charge is 0.132 e. The highest BCUT2D eigenvalue weighted by Gasteiger charge is 2.13. The van der Waals surface area contributed by atoms with Crippen LogP contribution < -0.4 is 0 Å². The van der Waals surface area contributed by atoms with Gasteiger partial charge < -0.3 is 0 Å². The first-order valence-corrected chi connectivity index (χ1v) is 7.13. The largest absolute Gasteiger partial charge is 0.300 e. The van der Waals surface area contributed by atoms with Crippen molar-refractivity contribution in [3.63, 3.8) is 0 Å². The number of ketones is 1. The van der Waals surface area contributed by atoms with Crippen molar-refractivity contribution < 1.29 is 4.79 Å². The van der Waals surface area contributed by atoms with Crippen LogP contribution >= 0.6 is 11.3 Å². The molecule has 90 valence electrons. The van der Waals surface area contributed by atoms with Crippen LogP contribution in [-0.2, 0) is 11.2 Å². The highest BCUT2D eigenvalue weighted by atomic mass is 32.1. The molecule has 0 saturated carbocycles. The Balaban J connectivity index is 2.56. The molecule has 2 heteroatoms. The molecule has 1 unspecified atom stereocenters. The van der Waals surface area contributed by atoms with Gasteiger partial charge in [-0.1, -0.05) is 20.8 Å². The molecule has 16 heavy (non-hydrogen) atoms. The van der Waals surface area contributed by atoms with E-state index in [1.807, 2.05) is 18.3 Å². The van der Waals surface area contributed by atoms with Crippen molar-refractivity contribution in [1.29, 1.82) is 0 Å². The predicted molar refractivity (Wildman–Crippen MR) is 71.3 cm³/mol. The van der Waals surface area contributed by atoms with Crippen LogP contribution in [-0.4, -0.2) is 5.78 Å². The second-order valence-electron chi connectivity index (χ2n) is 4.19. The molecule has 0 fully saturated rings. The number of aryl methyl sites for hydroxylation is 1. The highest BCUT2D eigenvalue weighted by molar-refractivity contribution is 7.12. The quantitative estimate of drug-likeness (QED) is 0.680. The predicted octanol–water partition coefficient (Wildman–Crippen LogP) is 4.56. The van der Waals surface area contributed by atoms with Gasteiger partial charge in [0.05, 0.1) is 0 Å². The lowest BCUT2D eigenvalue weighted by Gasteiger charge is -2.11. The van der Waals surface area contributed by atoms with Crippen molar-refractivity contribution in [3.05, 3.63) is 21.9 Å². The van der Waals surface area contributed by atoms with Crippen LogP contribution in [0.15, 0.2) is 12.1 Å². The molecule has 0 amide bonds. The summed E-state index contributed by atoms with van der Waals surface area (Å²) in [6.45, 7) is 6.35. The van der Waals surface area contributed by atoms with Gasteiger partial charge in [0.15, 0.2) is 0 Å². The summed E-state index contributed by atoms with van der Waals surface area (Å²) in [4.78, 5) is 14.2. The molecule has 1 aromatic heterocycles. The Bertz CT molecular complexity index is 327. The van der Waals surface area contributed by atoms with E-state index in [0.29, 0.717) is 18.1 Å². The van der Waals surface area contributed by atoms with Gasteiger partial charge in [0.1, 0.15) is 5.78 Å². The summed E-state index contributed by atoms with van der Waals surface area (Å²) in [5, 5.41) is 0. The minimum Gasteiger partial charge on any atom is -0.300 e. The zero-order valence-corrected chi connectivity index (χ0v) is 11.4. The number of thiophene rings is 1. The fraction of sp³-hybridized carbons (Fsp3) is 0.643. The Labute approximate surface area is 103 Å². The molecule has 1 atom stereocenters. The topological polar surface area (TPSA) is 17.1 Å². The van der Waals surface area contributed by atoms with Crippen molar-refractivity contribution in [2.24, 2.45) is 0 Å². The van der Waals surface area contributed by atoms with Crippen LogP contribution in [0.5, 0.6) is 0 Å². The number of hydrogen-bond donors (Lipinski definition) is 0. The third-order valence-corrected chi connectivity index (χ3v) is 4.48. The Hall–Kier alpha value is -0.630. The molecular weight excluding hydrogens is 216 g/mol. The van der Waals surface area contributed by atoms with Gasteiger partial charge in [-0.15, -0.1) is 11.3 Å². The fourth-order valence-corrected chi connectivity index (χ4v) is 3.03. The molecule has 1 nitrogen and oxygen atoms in total. The third-order valence-electron chi connectivity index (χ3n) is 3.09. The van der Waals surface area contributed by atoms with Gasteiger partial charge in [-0.2, -0.15) is 0 Å². The maximum absolute atomic E-state index is 11.3. The molecule has 0 N–H and O–H groups in total. The molecule has 0 bridgehead atoms. The Morgan fingerprint density at radius 2 is 2.06 bits per heavy atom. The van der Waals surface area contributed by atoms with Crippen molar-refractivity contribution in [3.8, 4) is 0 Å². The molecule has 0 spiro atoms. The highest BCUT2D eigenvalue weighted by Crippen LogP contribution is 2.31. The normalized spacial score (nSPS) is 12.7. The molecule has 0 aromatic carbocycles. The summed E-state index contributed by atoms with van der Waals surface area (Å²) in [5.41, 5.74) is 0. The standard InChI is InChI=1S/C14H22OS/c1-4-11(7-8-12(15)5-2)14-10-9-13(6-3)16-14/h9-11H,4-8H2,1-3H3. The molecule has 0 saturated heterocycles. The average Bonchev–Trinajstić information content (AvgIpc) is 2.78. The van der Waals surface area contributed by atoms with Crippen LogP contribution in [0.1, 0.15) is 62.1 Å². The summed E-state index contributed by atoms with van der Waals surface area (Å²) in [7, 11) is 0. The van der Waals surface area contributed by atoms with Crippen molar-refractivity contribution >= 4 is 17.1 Å². The van der Waals surface area contributed by atoms with E-state index in [1.165, 1.54) is 9.75 Å². The van der Waals surface area contributed by atoms with Crippen LogP contribution in [0.25, 0.3) is 0 Å². The minimum absolute atomic E-state index is 0.394. The first-order chi connectivity index (χ1) is 7.71. The van der Waals surface area contributed by atoms with Gasteiger partial charge in [-0.05, 0) is 37.3 Å². The lowest BCUT2D eigenvalue weighted by molar-refractivity contribution is -0.118. The lowest BCUT2D eigenvalue weighted by Crippen LogP contribution is -2.01. The Morgan fingerprint density at radius 3 is 2.56 bits per heavy atom. The molecule has 0 radical (unpaired) electrons. The van der Waals surface area contributed by atoms with Gasteiger partial charge in [0.2, 0.25) is 0 Å². The number of carbonyl (C=O) groups excluding carboxylic acids is 1. The molecule has 1 rings (SSSR count). The maximum Gasteiger partial charge on any atom is 0.132 e. The summed E-state index contributed by atoms with van der Waals surface area (Å²) >= 11 is 1.91. The Kier molecular flexibility index (Phi) is 5.75. The van der Waals surface area contributed by atoms with Crippen LogP contribution in [0, 0.1) is 0 Å². The van der Waals surface area contributed by atoms with E-state index in [4.69, 9.17) is 0 Å². The van der Waals surface area contributed by atoms with E-state index in [-0.39, 0.29) is 0 Å². The van der Waals surface area contributed by atoms with Crippen molar-refractivity contribution in [2.75, 3.05) is 0 Å². The molecule has 0 aliphatic rings. The van der Waals surface area contributed by atoms with Gasteiger partial charge >= 0.3 is 0 Å². The zero-order chi connectivity index (χ0) is 12.0. The maximum atomic E-state index is 11.3. The summed E-state index contributed by atoms with van der Waals surface area (Å²) in [6.07, 6.45) is 4.71. The molecule has 1 aromatic rings. The number of Topliss-reactive ketones (excluding diaryl/α,β-unsaturated/α-hetero) is 1. The minimum atomic E-state index is 0.394. The number of hydrogen-bond acceptors (Lipinski definition) is 2. The van der Waals surface area contributed by atoms with Gasteiger partial charge in [-0.25, -0.2) is 0 Å². The third kappa shape index (κ3) is 3.75. The Morgan fingerprint density at radius 1 is 1.31 bits per heavy atom. The average molecular weight is 238 g/mol. The van der Waals surface area contributed by atoms with E-state index in [9.17, 15) is 4.79 Å².